The Hall–Kier alpha value is -1.61. The summed E-state index contributed by atoms with van der Waals surface area (Å²) in [5, 5.41) is 0. The molecule has 3 heteroatoms. The zero-order valence-corrected chi connectivity index (χ0v) is 16.4. The van der Waals surface area contributed by atoms with Gasteiger partial charge in [0.05, 0.1) is 6.10 Å². The van der Waals surface area contributed by atoms with E-state index in [1.165, 1.54) is 43.2 Å². The predicted molar refractivity (Wildman–Crippen MR) is 107 cm³/mol. The number of nitrogens with zero attached hydrogens (tertiary/aromatic N) is 1. The lowest BCUT2D eigenvalue weighted by molar-refractivity contribution is -0.117. The summed E-state index contributed by atoms with van der Waals surface area (Å²) in [6.07, 6.45) is 10.7. The molecule has 3 nitrogen and oxygen atoms in total. The summed E-state index contributed by atoms with van der Waals surface area (Å²) >= 11 is 0. The van der Waals surface area contributed by atoms with Crippen LogP contribution in [0, 0.1) is 5.92 Å². The van der Waals surface area contributed by atoms with Gasteiger partial charge in [-0.25, -0.2) is 0 Å². The van der Waals surface area contributed by atoms with Crippen molar-refractivity contribution in [1.29, 1.82) is 0 Å². The number of Topliss-reactive ketones (excluding diaryl/α,β-unsaturated/α-hetero) is 1. The maximum Gasteiger partial charge on any atom is 0.131 e. The van der Waals surface area contributed by atoms with Crippen LogP contribution in [0.2, 0.25) is 0 Å². The first-order valence-electron chi connectivity index (χ1n) is 10.3. The van der Waals surface area contributed by atoms with Gasteiger partial charge in [0.1, 0.15) is 11.5 Å². The van der Waals surface area contributed by atoms with Crippen LogP contribution in [0.25, 0.3) is 5.57 Å². The predicted octanol–water partition coefficient (Wildman–Crippen LogP) is 5.10. The highest BCUT2D eigenvalue weighted by atomic mass is 16.5. The molecule has 0 aromatic heterocycles. The fourth-order valence-corrected chi connectivity index (χ4v) is 4.09. The van der Waals surface area contributed by atoms with Gasteiger partial charge in [0.25, 0.3) is 0 Å². The van der Waals surface area contributed by atoms with Crippen LogP contribution in [-0.2, 0) is 4.79 Å². The van der Waals surface area contributed by atoms with Gasteiger partial charge in [-0.1, -0.05) is 31.6 Å². The van der Waals surface area contributed by atoms with Crippen molar-refractivity contribution in [3.8, 4) is 5.75 Å². The maximum absolute atomic E-state index is 11.1. The average Bonchev–Trinajstić information content (AvgIpc) is 2.68. The SMILES string of the molecule is CCC1CCC(Oc2ccc(C3=CCN(CCC(C)=O)CC3)cc2)CC1. The summed E-state index contributed by atoms with van der Waals surface area (Å²) in [5.41, 5.74) is 2.72. The Kier molecular flexibility index (Phi) is 6.90. The number of carbonyl (C=O) groups is 1. The third kappa shape index (κ3) is 5.44. The summed E-state index contributed by atoms with van der Waals surface area (Å²) in [6.45, 7) is 6.84. The van der Waals surface area contributed by atoms with Crippen molar-refractivity contribution in [1.82, 2.24) is 4.90 Å². The molecule has 0 bridgehead atoms. The minimum atomic E-state index is 0.276. The van der Waals surface area contributed by atoms with E-state index in [1.807, 2.05) is 0 Å². The van der Waals surface area contributed by atoms with Crippen molar-refractivity contribution in [2.24, 2.45) is 5.92 Å². The number of hydrogen-bond acceptors (Lipinski definition) is 3. The molecule has 0 radical (unpaired) electrons. The molecule has 1 fully saturated rings. The Morgan fingerprint density at radius 1 is 1.15 bits per heavy atom. The van der Waals surface area contributed by atoms with Crippen molar-refractivity contribution in [2.75, 3.05) is 19.6 Å². The number of hydrogen-bond donors (Lipinski definition) is 0. The molecule has 0 N–H and O–H groups in total. The molecule has 26 heavy (non-hydrogen) atoms. The fraction of sp³-hybridized carbons (Fsp3) is 0.609. The topological polar surface area (TPSA) is 29.5 Å². The van der Waals surface area contributed by atoms with Crippen molar-refractivity contribution in [2.45, 2.75) is 64.9 Å². The molecule has 1 aliphatic carbocycles. The molecule has 2 aliphatic rings. The van der Waals surface area contributed by atoms with E-state index < -0.39 is 0 Å². The fourth-order valence-electron chi connectivity index (χ4n) is 4.09. The monoisotopic (exact) mass is 355 g/mol. The van der Waals surface area contributed by atoms with E-state index in [0.29, 0.717) is 12.5 Å². The highest BCUT2D eigenvalue weighted by Gasteiger charge is 2.21. The highest BCUT2D eigenvalue weighted by molar-refractivity contribution is 5.75. The van der Waals surface area contributed by atoms with Crippen molar-refractivity contribution >= 4 is 11.4 Å². The zero-order chi connectivity index (χ0) is 18.4. The maximum atomic E-state index is 11.1. The molecule has 1 aromatic rings. The van der Waals surface area contributed by atoms with Crippen LogP contribution in [0.3, 0.4) is 0 Å². The summed E-state index contributed by atoms with van der Waals surface area (Å²) in [6, 6.07) is 8.66. The first-order valence-corrected chi connectivity index (χ1v) is 10.3. The van der Waals surface area contributed by atoms with Crippen LogP contribution in [0.1, 0.15) is 64.4 Å². The number of benzene rings is 1. The van der Waals surface area contributed by atoms with Crippen LogP contribution in [-0.4, -0.2) is 36.4 Å². The number of rotatable bonds is 7. The normalized spacial score (nSPS) is 24.2. The van der Waals surface area contributed by atoms with Gasteiger partial charge in [-0.05, 0) is 68.2 Å². The summed E-state index contributed by atoms with van der Waals surface area (Å²) < 4.78 is 6.20. The highest BCUT2D eigenvalue weighted by Crippen LogP contribution is 2.30. The van der Waals surface area contributed by atoms with Gasteiger partial charge in [0.2, 0.25) is 0 Å². The molecule has 1 aliphatic heterocycles. The first kappa shape index (κ1) is 19.2. The van der Waals surface area contributed by atoms with E-state index in [0.717, 1.165) is 37.7 Å². The summed E-state index contributed by atoms with van der Waals surface area (Å²) in [4.78, 5) is 13.5. The molecule has 142 valence electrons. The molecule has 1 saturated carbocycles. The third-order valence-corrected chi connectivity index (χ3v) is 5.97. The molecular formula is C23H33NO2. The Bertz CT molecular complexity index is 612. The molecule has 3 rings (SSSR count). The molecule has 0 unspecified atom stereocenters. The summed E-state index contributed by atoms with van der Waals surface area (Å²) in [7, 11) is 0. The molecule has 0 atom stereocenters. The van der Waals surface area contributed by atoms with Crippen LogP contribution in [0.5, 0.6) is 5.75 Å². The molecule has 0 spiro atoms. The van der Waals surface area contributed by atoms with Crippen LogP contribution >= 0.6 is 0 Å². The van der Waals surface area contributed by atoms with Gasteiger partial charge in [0, 0.05) is 26.1 Å². The Morgan fingerprint density at radius 3 is 2.46 bits per heavy atom. The van der Waals surface area contributed by atoms with Gasteiger partial charge >= 0.3 is 0 Å². The third-order valence-electron chi connectivity index (χ3n) is 5.97. The second kappa shape index (κ2) is 9.36. The van der Waals surface area contributed by atoms with Gasteiger partial charge in [-0.15, -0.1) is 0 Å². The lowest BCUT2D eigenvalue weighted by Gasteiger charge is -2.28. The minimum absolute atomic E-state index is 0.276. The number of carbonyl (C=O) groups excluding carboxylic acids is 1. The smallest absolute Gasteiger partial charge is 0.131 e. The van der Waals surface area contributed by atoms with E-state index in [4.69, 9.17) is 4.74 Å². The lowest BCUT2D eigenvalue weighted by Crippen LogP contribution is -2.30. The summed E-state index contributed by atoms with van der Waals surface area (Å²) in [5.74, 6) is 2.19. The van der Waals surface area contributed by atoms with Gasteiger partial charge < -0.3 is 4.74 Å². The van der Waals surface area contributed by atoms with Gasteiger partial charge in [0.15, 0.2) is 0 Å². The van der Waals surface area contributed by atoms with Crippen LogP contribution in [0.4, 0.5) is 0 Å². The van der Waals surface area contributed by atoms with Crippen LogP contribution in [0.15, 0.2) is 30.3 Å². The van der Waals surface area contributed by atoms with Gasteiger partial charge in [-0.3, -0.25) is 9.69 Å². The van der Waals surface area contributed by atoms with Crippen molar-refractivity contribution in [3.05, 3.63) is 35.9 Å². The molecule has 0 saturated heterocycles. The second-order valence-electron chi connectivity index (χ2n) is 7.93. The molecular weight excluding hydrogens is 322 g/mol. The second-order valence-corrected chi connectivity index (χ2v) is 7.93. The Labute approximate surface area is 158 Å². The average molecular weight is 356 g/mol. The molecule has 0 amide bonds. The van der Waals surface area contributed by atoms with Crippen molar-refractivity contribution in [3.63, 3.8) is 0 Å². The molecule has 1 aromatic carbocycles. The largest absolute Gasteiger partial charge is 0.490 e. The lowest BCUT2D eigenvalue weighted by atomic mass is 9.86. The number of ketones is 1. The first-order chi connectivity index (χ1) is 12.6. The van der Waals surface area contributed by atoms with E-state index in [-0.39, 0.29) is 5.78 Å². The van der Waals surface area contributed by atoms with E-state index in [9.17, 15) is 4.79 Å². The quantitative estimate of drug-likeness (QED) is 0.681. The van der Waals surface area contributed by atoms with Crippen molar-refractivity contribution < 1.29 is 9.53 Å². The van der Waals surface area contributed by atoms with E-state index >= 15 is 0 Å². The van der Waals surface area contributed by atoms with Gasteiger partial charge in [-0.2, -0.15) is 0 Å². The minimum Gasteiger partial charge on any atom is -0.490 e. The van der Waals surface area contributed by atoms with E-state index in [2.05, 4.69) is 42.2 Å². The molecule has 1 heterocycles. The standard InChI is InChI=1S/C23H33NO2/c1-3-19-4-8-22(9-5-19)26-23-10-6-20(7-11-23)21-13-16-24(17-14-21)15-12-18(2)25/h6-7,10-11,13,19,22H,3-5,8-9,12,14-17H2,1-2H3. The van der Waals surface area contributed by atoms with E-state index in [1.54, 1.807) is 6.92 Å². The Balaban J connectivity index is 1.49. The number of ether oxygens (including phenoxy) is 1. The zero-order valence-electron chi connectivity index (χ0n) is 16.4. The van der Waals surface area contributed by atoms with Crippen LogP contribution < -0.4 is 4.74 Å². The Morgan fingerprint density at radius 2 is 1.88 bits per heavy atom.